The van der Waals surface area contributed by atoms with Gasteiger partial charge >= 0.3 is 0 Å². The second kappa shape index (κ2) is 4.68. The molecule has 0 bridgehead atoms. The van der Waals surface area contributed by atoms with E-state index in [4.69, 9.17) is 5.73 Å². The number of nitrogens with two attached hydrogens (primary N) is 1. The molecule has 1 aromatic rings. The average Bonchev–Trinajstić information content (AvgIpc) is 2.23. The van der Waals surface area contributed by atoms with Crippen LogP contribution in [-0.2, 0) is 6.42 Å². The van der Waals surface area contributed by atoms with Crippen molar-refractivity contribution in [1.82, 2.24) is 0 Å². The summed E-state index contributed by atoms with van der Waals surface area (Å²) in [4.78, 5) is 0. The predicted octanol–water partition coefficient (Wildman–Crippen LogP) is 1.61. The van der Waals surface area contributed by atoms with Crippen LogP contribution >= 0.6 is 0 Å². The fourth-order valence-electron chi connectivity index (χ4n) is 1.37. The Balaban J connectivity index is 2.92. The zero-order valence-corrected chi connectivity index (χ0v) is 8.63. The second-order valence-corrected chi connectivity index (χ2v) is 3.69. The molecule has 0 heterocycles. The van der Waals surface area contributed by atoms with Crippen LogP contribution in [0.2, 0.25) is 0 Å². The van der Waals surface area contributed by atoms with Gasteiger partial charge in [-0.2, -0.15) is 0 Å². The lowest BCUT2D eigenvalue weighted by atomic mass is 9.92. The summed E-state index contributed by atoms with van der Waals surface area (Å²) >= 11 is 0. The molecule has 84 valence electrons. The van der Waals surface area contributed by atoms with Crippen LogP contribution in [0.3, 0.4) is 0 Å². The van der Waals surface area contributed by atoms with E-state index >= 15 is 0 Å². The molecule has 0 aromatic heterocycles. The van der Waals surface area contributed by atoms with Gasteiger partial charge in [-0.3, -0.25) is 0 Å². The van der Waals surface area contributed by atoms with Gasteiger partial charge in [0.15, 0.2) is 0 Å². The van der Waals surface area contributed by atoms with Gasteiger partial charge in [-0.25, -0.2) is 8.78 Å². The van der Waals surface area contributed by atoms with Crippen LogP contribution in [0.1, 0.15) is 18.9 Å². The molecule has 1 aromatic carbocycles. The zero-order chi connectivity index (χ0) is 11.5. The first kappa shape index (κ1) is 12.1. The third-order valence-electron chi connectivity index (χ3n) is 2.57. The van der Waals surface area contributed by atoms with E-state index in [9.17, 15) is 13.9 Å². The van der Waals surface area contributed by atoms with Gasteiger partial charge in [0.25, 0.3) is 0 Å². The van der Waals surface area contributed by atoms with Crippen molar-refractivity contribution in [3.05, 3.63) is 35.4 Å². The minimum Gasteiger partial charge on any atom is -0.388 e. The maximum absolute atomic E-state index is 13.3. The highest BCUT2D eigenvalue weighted by Crippen LogP contribution is 2.19. The summed E-state index contributed by atoms with van der Waals surface area (Å²) in [6.45, 7) is 1.78. The third-order valence-corrected chi connectivity index (χ3v) is 2.57. The Morgan fingerprint density at radius 1 is 1.40 bits per heavy atom. The number of hydrogen-bond acceptors (Lipinski definition) is 2. The van der Waals surface area contributed by atoms with E-state index in [1.807, 2.05) is 0 Å². The predicted molar refractivity (Wildman–Crippen MR) is 54.4 cm³/mol. The van der Waals surface area contributed by atoms with E-state index in [1.165, 1.54) is 0 Å². The summed E-state index contributed by atoms with van der Waals surface area (Å²) in [5.74, 6) is -1.03. The smallest absolute Gasteiger partial charge is 0.126 e. The van der Waals surface area contributed by atoms with E-state index in [1.54, 1.807) is 6.92 Å². The SMILES string of the molecule is CCC(O)(CN)Cc1cc(F)ccc1F. The second-order valence-electron chi connectivity index (χ2n) is 3.69. The van der Waals surface area contributed by atoms with Crippen LogP contribution < -0.4 is 5.73 Å². The highest BCUT2D eigenvalue weighted by atomic mass is 19.1. The van der Waals surface area contributed by atoms with Crippen molar-refractivity contribution < 1.29 is 13.9 Å². The maximum atomic E-state index is 13.3. The Morgan fingerprint density at radius 3 is 2.60 bits per heavy atom. The Morgan fingerprint density at radius 2 is 2.07 bits per heavy atom. The van der Waals surface area contributed by atoms with Gasteiger partial charge in [-0.15, -0.1) is 0 Å². The first-order valence-electron chi connectivity index (χ1n) is 4.87. The number of hydrogen-bond donors (Lipinski definition) is 2. The quantitative estimate of drug-likeness (QED) is 0.801. The van der Waals surface area contributed by atoms with Crippen molar-refractivity contribution in [3.8, 4) is 0 Å². The number of rotatable bonds is 4. The molecule has 0 amide bonds. The minimum absolute atomic E-state index is 0.0272. The van der Waals surface area contributed by atoms with Crippen LogP contribution in [0, 0.1) is 11.6 Å². The van der Waals surface area contributed by atoms with E-state index in [0.29, 0.717) is 6.42 Å². The summed E-state index contributed by atoms with van der Waals surface area (Å²) in [5.41, 5.74) is 4.39. The maximum Gasteiger partial charge on any atom is 0.126 e. The molecule has 4 heteroatoms. The first-order valence-corrected chi connectivity index (χ1v) is 4.87. The molecule has 0 spiro atoms. The van der Waals surface area contributed by atoms with E-state index in [-0.39, 0.29) is 18.5 Å². The fraction of sp³-hybridized carbons (Fsp3) is 0.455. The highest BCUT2D eigenvalue weighted by molar-refractivity contribution is 5.20. The molecule has 0 fully saturated rings. The Bertz CT molecular complexity index is 337. The summed E-state index contributed by atoms with van der Waals surface area (Å²) in [6.07, 6.45) is 0.434. The van der Waals surface area contributed by atoms with E-state index < -0.39 is 17.2 Å². The van der Waals surface area contributed by atoms with Gasteiger partial charge in [-0.05, 0) is 30.2 Å². The van der Waals surface area contributed by atoms with Crippen LogP contribution in [0.15, 0.2) is 18.2 Å². The number of benzene rings is 1. The summed E-state index contributed by atoms with van der Waals surface area (Å²) in [6, 6.07) is 3.19. The molecule has 0 saturated carbocycles. The van der Waals surface area contributed by atoms with E-state index in [0.717, 1.165) is 18.2 Å². The number of halogens is 2. The number of aliphatic hydroxyl groups is 1. The van der Waals surface area contributed by atoms with Crippen LogP contribution in [0.25, 0.3) is 0 Å². The largest absolute Gasteiger partial charge is 0.388 e. The van der Waals surface area contributed by atoms with Crippen molar-refractivity contribution in [2.75, 3.05) is 6.54 Å². The van der Waals surface area contributed by atoms with Gasteiger partial charge < -0.3 is 10.8 Å². The van der Waals surface area contributed by atoms with Crippen molar-refractivity contribution in [2.45, 2.75) is 25.4 Å². The van der Waals surface area contributed by atoms with Gasteiger partial charge in [0, 0.05) is 13.0 Å². The molecule has 0 aliphatic rings. The minimum atomic E-state index is -1.16. The average molecular weight is 215 g/mol. The molecular formula is C11H15F2NO. The molecule has 1 atom stereocenters. The van der Waals surface area contributed by atoms with Gasteiger partial charge in [0.05, 0.1) is 5.60 Å². The topological polar surface area (TPSA) is 46.2 Å². The monoisotopic (exact) mass is 215 g/mol. The molecule has 3 N–H and O–H groups in total. The lowest BCUT2D eigenvalue weighted by Gasteiger charge is -2.25. The molecule has 0 radical (unpaired) electrons. The molecule has 15 heavy (non-hydrogen) atoms. The van der Waals surface area contributed by atoms with Crippen LogP contribution in [0.5, 0.6) is 0 Å². The Hall–Kier alpha value is -1.00. The molecular weight excluding hydrogens is 200 g/mol. The fourth-order valence-corrected chi connectivity index (χ4v) is 1.37. The van der Waals surface area contributed by atoms with E-state index in [2.05, 4.69) is 0 Å². The lowest BCUT2D eigenvalue weighted by molar-refractivity contribution is 0.0447. The molecule has 0 saturated heterocycles. The zero-order valence-electron chi connectivity index (χ0n) is 8.63. The standard InChI is InChI=1S/C11H15F2NO/c1-2-11(15,7-14)6-8-5-9(12)3-4-10(8)13/h3-5,15H,2,6-7,14H2,1H3. The molecule has 1 unspecified atom stereocenters. The normalized spacial score (nSPS) is 15.0. The van der Waals surface area contributed by atoms with Crippen LogP contribution in [-0.4, -0.2) is 17.3 Å². The van der Waals surface area contributed by atoms with Gasteiger partial charge in [-0.1, -0.05) is 6.92 Å². The van der Waals surface area contributed by atoms with Crippen LogP contribution in [0.4, 0.5) is 8.78 Å². The van der Waals surface area contributed by atoms with Crippen molar-refractivity contribution in [1.29, 1.82) is 0 Å². The van der Waals surface area contributed by atoms with Gasteiger partial charge in [0.1, 0.15) is 11.6 Å². The molecule has 0 aliphatic carbocycles. The summed E-state index contributed by atoms with van der Waals surface area (Å²) in [7, 11) is 0. The molecule has 2 nitrogen and oxygen atoms in total. The van der Waals surface area contributed by atoms with Gasteiger partial charge in [0.2, 0.25) is 0 Å². The summed E-state index contributed by atoms with van der Waals surface area (Å²) in [5, 5.41) is 9.88. The van der Waals surface area contributed by atoms with Crippen molar-refractivity contribution >= 4 is 0 Å². The summed E-state index contributed by atoms with van der Waals surface area (Å²) < 4.78 is 26.1. The molecule has 0 aliphatic heterocycles. The first-order chi connectivity index (χ1) is 7.00. The van der Waals surface area contributed by atoms with Crippen molar-refractivity contribution in [2.24, 2.45) is 5.73 Å². The third kappa shape index (κ3) is 2.97. The molecule has 1 rings (SSSR count). The Kier molecular flexibility index (Phi) is 3.77. The van der Waals surface area contributed by atoms with Crippen molar-refractivity contribution in [3.63, 3.8) is 0 Å². The highest BCUT2D eigenvalue weighted by Gasteiger charge is 2.24. The lowest BCUT2D eigenvalue weighted by Crippen LogP contribution is -2.39. The Labute approximate surface area is 87.7 Å².